The van der Waals surface area contributed by atoms with Crippen molar-refractivity contribution in [2.24, 2.45) is 0 Å². The lowest BCUT2D eigenvalue weighted by Crippen LogP contribution is -2.13. The summed E-state index contributed by atoms with van der Waals surface area (Å²) in [5.41, 5.74) is 1.59. The van der Waals surface area contributed by atoms with Gasteiger partial charge in [-0.3, -0.25) is 0 Å². The maximum Gasteiger partial charge on any atom is 0.337 e. The second-order valence-electron chi connectivity index (χ2n) is 3.89. The van der Waals surface area contributed by atoms with Gasteiger partial charge in [0.05, 0.1) is 12.2 Å². The monoisotopic (exact) mass is 244 g/mol. The highest BCUT2D eigenvalue weighted by atomic mass is 16.5. The van der Waals surface area contributed by atoms with Crippen molar-refractivity contribution in [3.8, 4) is 5.75 Å². The van der Waals surface area contributed by atoms with Gasteiger partial charge in [0.2, 0.25) is 0 Å². The number of benzene rings is 1. The number of ether oxygens (including phenoxy) is 2. The largest absolute Gasteiger partial charge is 0.463 e. The first kappa shape index (κ1) is 12.4. The van der Waals surface area contributed by atoms with Gasteiger partial charge in [0.25, 0.3) is 0 Å². The van der Waals surface area contributed by atoms with Gasteiger partial charge in [-0.05, 0) is 31.6 Å². The highest BCUT2D eigenvalue weighted by Crippen LogP contribution is 2.29. The van der Waals surface area contributed by atoms with Crippen molar-refractivity contribution in [1.82, 2.24) is 0 Å². The molecule has 0 saturated heterocycles. The van der Waals surface area contributed by atoms with Gasteiger partial charge in [-0.2, -0.15) is 0 Å². The van der Waals surface area contributed by atoms with Crippen LogP contribution in [0.4, 0.5) is 0 Å². The number of allylic oxidation sites excluding steroid dienone is 1. The molecule has 3 nitrogen and oxygen atoms in total. The molecule has 0 atom stereocenters. The van der Waals surface area contributed by atoms with Gasteiger partial charge in [0.1, 0.15) is 11.5 Å². The van der Waals surface area contributed by atoms with Gasteiger partial charge in [-0.15, -0.1) is 0 Å². The summed E-state index contributed by atoms with van der Waals surface area (Å²) in [4.78, 5) is 11.8. The Bertz CT molecular complexity index is 512. The molecule has 3 heteroatoms. The van der Waals surface area contributed by atoms with E-state index >= 15 is 0 Å². The first-order valence-corrected chi connectivity index (χ1v) is 6.11. The highest BCUT2D eigenvalue weighted by Gasteiger charge is 2.18. The average molecular weight is 244 g/mol. The molecule has 0 bridgehead atoms. The van der Waals surface area contributed by atoms with E-state index in [0.717, 1.165) is 11.3 Å². The molecule has 0 aliphatic carbocycles. The van der Waals surface area contributed by atoms with Gasteiger partial charge in [0, 0.05) is 5.56 Å². The lowest BCUT2D eigenvalue weighted by Gasteiger charge is -2.17. The number of esters is 1. The van der Waals surface area contributed by atoms with Crippen molar-refractivity contribution in [1.29, 1.82) is 0 Å². The average Bonchev–Trinajstić information content (AvgIpc) is 2.40. The Kier molecular flexibility index (Phi) is 3.82. The summed E-state index contributed by atoms with van der Waals surface area (Å²) >= 11 is 0. The van der Waals surface area contributed by atoms with Crippen LogP contribution in [0.3, 0.4) is 0 Å². The molecular weight excluding hydrogens is 228 g/mol. The van der Waals surface area contributed by atoms with Crippen molar-refractivity contribution < 1.29 is 14.3 Å². The summed E-state index contributed by atoms with van der Waals surface area (Å²) < 4.78 is 10.8. The van der Waals surface area contributed by atoms with Crippen LogP contribution in [0.5, 0.6) is 5.75 Å². The number of hydrogen-bond donors (Lipinski definition) is 0. The molecule has 0 spiro atoms. The predicted octanol–water partition coefficient (Wildman–Crippen LogP) is 3.32. The second kappa shape index (κ2) is 5.54. The summed E-state index contributed by atoms with van der Waals surface area (Å²) in [6.45, 7) is 4.08. The Morgan fingerprint density at radius 2 is 2.00 bits per heavy atom. The molecule has 0 aromatic heterocycles. The van der Waals surface area contributed by atoms with Crippen LogP contribution in [0.1, 0.15) is 25.8 Å². The first-order chi connectivity index (χ1) is 8.76. The molecule has 2 rings (SSSR count). The van der Waals surface area contributed by atoms with E-state index in [0.29, 0.717) is 24.4 Å². The Balaban J connectivity index is 2.33. The first-order valence-electron chi connectivity index (χ1n) is 6.11. The fourth-order valence-corrected chi connectivity index (χ4v) is 1.83. The van der Waals surface area contributed by atoms with Gasteiger partial charge >= 0.3 is 5.97 Å². The quantitative estimate of drug-likeness (QED) is 0.604. The molecule has 0 amide bonds. The fourth-order valence-electron chi connectivity index (χ4n) is 1.83. The van der Waals surface area contributed by atoms with E-state index in [1.165, 1.54) is 0 Å². The standard InChI is InChI=1S/C15H16O3/c1-3-12(15(16)17-4-2)14-10-9-11-7-5-6-8-13(11)18-14/h5-10H,3-4H2,1-2H3/b14-12+. The van der Waals surface area contributed by atoms with Crippen LogP contribution in [0, 0.1) is 0 Å². The van der Waals surface area contributed by atoms with E-state index in [-0.39, 0.29) is 5.97 Å². The number of hydrogen-bond acceptors (Lipinski definition) is 3. The number of carbonyl (C=O) groups excluding carboxylic acids is 1. The molecule has 1 aliphatic heterocycles. The number of carbonyl (C=O) groups is 1. The predicted molar refractivity (Wildman–Crippen MR) is 70.1 cm³/mol. The maximum atomic E-state index is 11.8. The SMILES string of the molecule is CCOC(=O)/C(CC)=C1\C=Cc2ccccc2O1. The molecule has 0 saturated carbocycles. The minimum absolute atomic E-state index is 0.306. The van der Waals surface area contributed by atoms with Crippen LogP contribution in [-0.4, -0.2) is 12.6 Å². The lowest BCUT2D eigenvalue weighted by atomic mass is 10.1. The fraction of sp³-hybridized carbons (Fsp3) is 0.267. The van der Waals surface area contributed by atoms with E-state index < -0.39 is 0 Å². The van der Waals surface area contributed by atoms with Crippen molar-refractivity contribution >= 4 is 12.0 Å². The van der Waals surface area contributed by atoms with E-state index in [1.54, 1.807) is 6.92 Å². The smallest absolute Gasteiger partial charge is 0.337 e. The molecule has 1 aliphatic rings. The summed E-state index contributed by atoms with van der Waals surface area (Å²) in [5.74, 6) is 1.04. The third-order valence-corrected chi connectivity index (χ3v) is 2.73. The zero-order chi connectivity index (χ0) is 13.0. The van der Waals surface area contributed by atoms with Crippen LogP contribution in [0.15, 0.2) is 41.7 Å². The van der Waals surface area contributed by atoms with Crippen molar-refractivity contribution in [3.05, 3.63) is 47.2 Å². The topological polar surface area (TPSA) is 35.5 Å². The molecule has 1 aromatic rings. The Morgan fingerprint density at radius 3 is 2.72 bits per heavy atom. The van der Waals surface area contributed by atoms with Gasteiger partial charge < -0.3 is 9.47 Å². The third kappa shape index (κ3) is 2.45. The number of fused-ring (bicyclic) bond motifs is 1. The molecule has 1 heterocycles. The van der Waals surface area contributed by atoms with Crippen molar-refractivity contribution in [2.45, 2.75) is 20.3 Å². The number of rotatable bonds is 3. The molecule has 0 N–H and O–H groups in total. The van der Waals surface area contributed by atoms with Crippen LogP contribution in [0.2, 0.25) is 0 Å². The van der Waals surface area contributed by atoms with E-state index in [4.69, 9.17) is 9.47 Å². The van der Waals surface area contributed by atoms with E-state index in [2.05, 4.69) is 0 Å². The summed E-state index contributed by atoms with van der Waals surface area (Å²) in [6, 6.07) is 7.72. The normalized spacial score (nSPS) is 15.7. The Hall–Kier alpha value is -2.03. The highest BCUT2D eigenvalue weighted by molar-refractivity contribution is 5.90. The van der Waals surface area contributed by atoms with Crippen LogP contribution < -0.4 is 4.74 Å². The lowest BCUT2D eigenvalue weighted by molar-refractivity contribution is -0.138. The number of para-hydroxylation sites is 1. The van der Waals surface area contributed by atoms with Gasteiger partial charge in [0.15, 0.2) is 0 Å². The molecule has 1 aromatic carbocycles. The molecule has 0 unspecified atom stereocenters. The molecule has 18 heavy (non-hydrogen) atoms. The van der Waals surface area contributed by atoms with Gasteiger partial charge in [-0.1, -0.05) is 25.1 Å². The molecular formula is C15H16O3. The van der Waals surface area contributed by atoms with Gasteiger partial charge in [-0.25, -0.2) is 4.79 Å². The van der Waals surface area contributed by atoms with Crippen molar-refractivity contribution in [2.75, 3.05) is 6.61 Å². The van der Waals surface area contributed by atoms with E-state index in [1.807, 2.05) is 43.3 Å². The Morgan fingerprint density at radius 1 is 1.22 bits per heavy atom. The minimum Gasteiger partial charge on any atom is -0.463 e. The molecule has 0 radical (unpaired) electrons. The van der Waals surface area contributed by atoms with E-state index in [9.17, 15) is 4.79 Å². The third-order valence-electron chi connectivity index (χ3n) is 2.73. The van der Waals surface area contributed by atoms with Crippen LogP contribution in [0.25, 0.3) is 6.08 Å². The maximum absolute atomic E-state index is 11.8. The summed E-state index contributed by atoms with van der Waals surface area (Å²) in [5, 5.41) is 0. The second-order valence-corrected chi connectivity index (χ2v) is 3.89. The minimum atomic E-state index is -0.306. The van der Waals surface area contributed by atoms with Crippen LogP contribution in [-0.2, 0) is 9.53 Å². The zero-order valence-electron chi connectivity index (χ0n) is 10.6. The molecule has 94 valence electrons. The molecule has 0 fully saturated rings. The van der Waals surface area contributed by atoms with Crippen LogP contribution >= 0.6 is 0 Å². The summed E-state index contributed by atoms with van der Waals surface area (Å²) in [7, 11) is 0. The summed E-state index contributed by atoms with van der Waals surface area (Å²) in [6.07, 6.45) is 4.35. The van der Waals surface area contributed by atoms with Crippen molar-refractivity contribution in [3.63, 3.8) is 0 Å². The Labute approximate surface area is 107 Å². The zero-order valence-corrected chi connectivity index (χ0v) is 10.6.